The molecule has 0 radical (unpaired) electrons. The van der Waals surface area contributed by atoms with Gasteiger partial charge in [0.25, 0.3) is 0 Å². The molecule has 5 heteroatoms. The van der Waals surface area contributed by atoms with Crippen molar-refractivity contribution < 1.29 is 19.4 Å². The maximum absolute atomic E-state index is 12.0. The molecule has 0 aromatic heterocycles. The monoisotopic (exact) mass is 291 g/mol. The van der Waals surface area contributed by atoms with Gasteiger partial charge in [-0.1, -0.05) is 18.2 Å². The highest BCUT2D eigenvalue weighted by molar-refractivity contribution is 5.89. The Morgan fingerprint density at radius 2 is 2.10 bits per heavy atom. The first-order chi connectivity index (χ1) is 9.87. The van der Waals surface area contributed by atoms with Crippen LogP contribution in [0.25, 0.3) is 0 Å². The van der Waals surface area contributed by atoms with E-state index in [4.69, 9.17) is 9.84 Å². The van der Waals surface area contributed by atoms with E-state index in [2.05, 4.69) is 5.32 Å². The predicted molar refractivity (Wildman–Crippen MR) is 78.3 cm³/mol. The predicted octanol–water partition coefficient (Wildman–Crippen LogP) is 2.00. The molecule has 1 unspecified atom stereocenters. The summed E-state index contributed by atoms with van der Waals surface area (Å²) in [6.45, 7) is 4.54. The molecule has 0 aliphatic carbocycles. The fraction of sp³-hybridized carbons (Fsp3) is 0.500. The summed E-state index contributed by atoms with van der Waals surface area (Å²) in [7, 11) is 0. The van der Waals surface area contributed by atoms with Gasteiger partial charge in [-0.15, -0.1) is 0 Å². The Kier molecular flexibility index (Phi) is 4.63. The summed E-state index contributed by atoms with van der Waals surface area (Å²) in [6.07, 6.45) is 1.50. The number of amides is 1. The van der Waals surface area contributed by atoms with Gasteiger partial charge in [0.15, 0.2) is 0 Å². The number of carboxylic acid groups (broad SMARTS) is 1. The summed E-state index contributed by atoms with van der Waals surface area (Å²) in [5.74, 6) is -1.03. The number of ether oxygens (including phenoxy) is 1. The first-order valence-corrected chi connectivity index (χ1v) is 7.12. The number of aryl methyl sites for hydroxylation is 1. The number of rotatable bonds is 5. The number of hydrogen-bond acceptors (Lipinski definition) is 3. The van der Waals surface area contributed by atoms with E-state index in [-0.39, 0.29) is 29.5 Å². The van der Waals surface area contributed by atoms with Crippen LogP contribution in [0.15, 0.2) is 24.3 Å². The van der Waals surface area contributed by atoms with E-state index in [0.717, 1.165) is 6.42 Å². The number of carboxylic acids is 1. The lowest BCUT2D eigenvalue weighted by Crippen LogP contribution is -2.36. The summed E-state index contributed by atoms with van der Waals surface area (Å²) in [6, 6.07) is 6.82. The van der Waals surface area contributed by atoms with Crippen LogP contribution in [0.1, 0.15) is 42.6 Å². The van der Waals surface area contributed by atoms with Crippen molar-refractivity contribution in [2.75, 3.05) is 6.61 Å². The summed E-state index contributed by atoms with van der Waals surface area (Å²) in [5.41, 5.74) is 0.757. The van der Waals surface area contributed by atoms with Crippen LogP contribution in [0.3, 0.4) is 0 Å². The van der Waals surface area contributed by atoms with Gasteiger partial charge in [0.2, 0.25) is 5.91 Å². The average Bonchev–Trinajstić information content (AvgIpc) is 2.75. The second-order valence-electron chi connectivity index (χ2n) is 6.00. The third-order valence-corrected chi connectivity index (χ3v) is 3.65. The highest BCUT2D eigenvalue weighted by Crippen LogP contribution is 2.24. The van der Waals surface area contributed by atoms with Gasteiger partial charge in [-0.05, 0) is 38.3 Å². The molecule has 1 atom stereocenters. The molecule has 1 heterocycles. The summed E-state index contributed by atoms with van der Waals surface area (Å²) < 4.78 is 5.57. The lowest BCUT2D eigenvalue weighted by Gasteiger charge is -2.16. The number of hydrogen-bond donors (Lipinski definition) is 2. The highest BCUT2D eigenvalue weighted by atomic mass is 16.5. The standard InChI is InChI=1S/C16H21NO4/c1-16(2)9-12(10-21-16)17-14(18)8-7-11-5-3-4-6-13(11)15(19)20/h3-6,12H,7-10H2,1-2H3,(H,17,18)(H,19,20). The number of carbonyl (C=O) groups excluding carboxylic acids is 1. The van der Waals surface area contributed by atoms with Crippen molar-refractivity contribution in [2.45, 2.75) is 44.8 Å². The van der Waals surface area contributed by atoms with Gasteiger partial charge in [-0.2, -0.15) is 0 Å². The smallest absolute Gasteiger partial charge is 0.335 e. The van der Waals surface area contributed by atoms with Crippen molar-refractivity contribution in [1.82, 2.24) is 5.32 Å². The topological polar surface area (TPSA) is 75.6 Å². The van der Waals surface area contributed by atoms with E-state index in [1.807, 2.05) is 13.8 Å². The van der Waals surface area contributed by atoms with Crippen LogP contribution >= 0.6 is 0 Å². The van der Waals surface area contributed by atoms with Crippen molar-refractivity contribution in [1.29, 1.82) is 0 Å². The Balaban J connectivity index is 1.86. The van der Waals surface area contributed by atoms with Crippen molar-refractivity contribution in [3.63, 3.8) is 0 Å². The van der Waals surface area contributed by atoms with Crippen molar-refractivity contribution in [3.05, 3.63) is 35.4 Å². The zero-order valence-electron chi connectivity index (χ0n) is 12.4. The second-order valence-corrected chi connectivity index (χ2v) is 6.00. The number of benzene rings is 1. The summed E-state index contributed by atoms with van der Waals surface area (Å²) in [5, 5.41) is 12.0. The third kappa shape index (κ3) is 4.29. The zero-order valence-corrected chi connectivity index (χ0v) is 12.4. The Morgan fingerprint density at radius 3 is 2.71 bits per heavy atom. The summed E-state index contributed by atoms with van der Waals surface area (Å²) >= 11 is 0. The van der Waals surface area contributed by atoms with Gasteiger partial charge in [0, 0.05) is 6.42 Å². The van der Waals surface area contributed by atoms with Crippen molar-refractivity contribution >= 4 is 11.9 Å². The minimum absolute atomic E-state index is 0.0437. The van der Waals surface area contributed by atoms with Gasteiger partial charge in [-0.25, -0.2) is 4.79 Å². The molecule has 0 bridgehead atoms. The number of nitrogens with one attached hydrogen (secondary N) is 1. The van der Waals surface area contributed by atoms with E-state index < -0.39 is 5.97 Å². The third-order valence-electron chi connectivity index (χ3n) is 3.65. The molecule has 5 nitrogen and oxygen atoms in total. The van der Waals surface area contributed by atoms with E-state index in [1.165, 1.54) is 0 Å². The number of aromatic carboxylic acids is 1. The van der Waals surface area contributed by atoms with Crippen LogP contribution in [0.2, 0.25) is 0 Å². The molecule has 0 saturated carbocycles. The Morgan fingerprint density at radius 1 is 1.38 bits per heavy atom. The van der Waals surface area contributed by atoms with Crippen molar-refractivity contribution in [2.24, 2.45) is 0 Å². The fourth-order valence-corrected chi connectivity index (χ4v) is 2.63. The van der Waals surface area contributed by atoms with Crippen LogP contribution in [0.5, 0.6) is 0 Å². The van der Waals surface area contributed by atoms with Gasteiger partial charge in [0.05, 0.1) is 23.8 Å². The molecule has 114 valence electrons. The molecular formula is C16H21NO4. The lowest BCUT2D eigenvalue weighted by molar-refractivity contribution is -0.121. The second kappa shape index (κ2) is 6.26. The summed E-state index contributed by atoms with van der Waals surface area (Å²) in [4.78, 5) is 23.0. The molecule has 1 aromatic carbocycles. The molecule has 2 rings (SSSR count). The first-order valence-electron chi connectivity index (χ1n) is 7.12. The van der Waals surface area contributed by atoms with Crippen LogP contribution in [0.4, 0.5) is 0 Å². The molecule has 21 heavy (non-hydrogen) atoms. The molecule has 2 N–H and O–H groups in total. The Bertz CT molecular complexity index is 539. The van der Waals surface area contributed by atoms with E-state index in [9.17, 15) is 9.59 Å². The maximum atomic E-state index is 12.0. The Hall–Kier alpha value is -1.88. The fourth-order valence-electron chi connectivity index (χ4n) is 2.63. The molecule has 1 aliphatic heterocycles. The molecular weight excluding hydrogens is 270 g/mol. The van der Waals surface area contributed by atoms with Gasteiger partial charge < -0.3 is 15.2 Å². The molecule has 1 amide bonds. The van der Waals surface area contributed by atoms with Crippen LogP contribution in [-0.4, -0.2) is 35.2 Å². The largest absolute Gasteiger partial charge is 0.478 e. The van der Waals surface area contributed by atoms with Crippen molar-refractivity contribution in [3.8, 4) is 0 Å². The van der Waals surface area contributed by atoms with E-state index in [1.54, 1.807) is 24.3 Å². The minimum Gasteiger partial charge on any atom is -0.478 e. The van der Waals surface area contributed by atoms with Crippen LogP contribution in [0, 0.1) is 0 Å². The van der Waals surface area contributed by atoms with Gasteiger partial charge in [-0.3, -0.25) is 4.79 Å². The van der Waals surface area contributed by atoms with E-state index >= 15 is 0 Å². The number of carbonyl (C=O) groups is 2. The SMILES string of the molecule is CC1(C)CC(NC(=O)CCc2ccccc2C(=O)O)CO1. The molecule has 1 aliphatic rings. The van der Waals surface area contributed by atoms with Gasteiger partial charge >= 0.3 is 5.97 Å². The van der Waals surface area contributed by atoms with Gasteiger partial charge in [0.1, 0.15) is 0 Å². The maximum Gasteiger partial charge on any atom is 0.335 e. The van der Waals surface area contributed by atoms with E-state index in [0.29, 0.717) is 18.6 Å². The quantitative estimate of drug-likeness (QED) is 0.870. The molecule has 1 saturated heterocycles. The molecule has 0 spiro atoms. The van der Waals surface area contributed by atoms with Crippen LogP contribution < -0.4 is 5.32 Å². The minimum atomic E-state index is -0.961. The first kappa shape index (κ1) is 15.5. The highest BCUT2D eigenvalue weighted by Gasteiger charge is 2.32. The average molecular weight is 291 g/mol. The Labute approximate surface area is 124 Å². The van der Waals surface area contributed by atoms with Crippen LogP contribution in [-0.2, 0) is 16.0 Å². The molecule has 1 aromatic rings. The normalized spacial score (nSPS) is 20.2. The molecule has 1 fully saturated rings. The zero-order chi connectivity index (χ0) is 15.5. The lowest BCUT2D eigenvalue weighted by atomic mass is 10.0.